The standard InChI is InChI=1S/C6H8F2O5S/c1-4(2)5(9)13-3-6(7,8)14(10,11)12/h1,3H2,2H3,(H,10,11,12). The number of hydrogen-bond donors (Lipinski definition) is 1. The number of ether oxygens (including phenoxy) is 1. The first-order valence-corrected chi connectivity index (χ1v) is 4.69. The van der Waals surface area contributed by atoms with E-state index in [0.29, 0.717) is 0 Å². The summed E-state index contributed by atoms with van der Waals surface area (Å²) in [6, 6.07) is 0. The molecule has 0 fully saturated rings. The largest absolute Gasteiger partial charge is 0.455 e. The molecule has 82 valence electrons. The summed E-state index contributed by atoms with van der Waals surface area (Å²) in [7, 11) is -5.56. The van der Waals surface area contributed by atoms with E-state index in [9.17, 15) is 22.0 Å². The predicted molar refractivity (Wildman–Crippen MR) is 42.3 cm³/mol. The Morgan fingerprint density at radius 1 is 1.57 bits per heavy atom. The maximum Gasteiger partial charge on any atom is 0.402 e. The Kier molecular flexibility index (Phi) is 3.72. The zero-order valence-electron chi connectivity index (χ0n) is 7.16. The smallest absolute Gasteiger partial charge is 0.402 e. The number of carbonyl (C=O) groups is 1. The van der Waals surface area contributed by atoms with Gasteiger partial charge in [-0.1, -0.05) is 6.58 Å². The third-order valence-corrected chi connectivity index (χ3v) is 1.97. The van der Waals surface area contributed by atoms with E-state index in [-0.39, 0.29) is 5.57 Å². The summed E-state index contributed by atoms with van der Waals surface area (Å²) in [5, 5.41) is -4.50. The topological polar surface area (TPSA) is 80.7 Å². The fraction of sp³-hybridized carbons (Fsp3) is 0.500. The lowest BCUT2D eigenvalue weighted by atomic mass is 10.4. The summed E-state index contributed by atoms with van der Waals surface area (Å²) in [6.45, 7) is 2.55. The summed E-state index contributed by atoms with van der Waals surface area (Å²) < 4.78 is 56.7. The van der Waals surface area contributed by atoms with Crippen molar-refractivity contribution in [3.05, 3.63) is 12.2 Å². The second kappa shape index (κ2) is 4.01. The van der Waals surface area contributed by atoms with Gasteiger partial charge in [-0.25, -0.2) is 4.79 Å². The molecule has 0 saturated heterocycles. The average molecular weight is 230 g/mol. The molecule has 0 aromatic rings. The Bertz CT molecular complexity index is 345. The fourth-order valence-electron chi connectivity index (χ4n) is 0.347. The van der Waals surface area contributed by atoms with Crippen molar-refractivity contribution >= 4 is 16.1 Å². The van der Waals surface area contributed by atoms with E-state index in [4.69, 9.17) is 4.55 Å². The van der Waals surface area contributed by atoms with E-state index in [2.05, 4.69) is 11.3 Å². The Morgan fingerprint density at radius 2 is 2.00 bits per heavy atom. The Balaban J connectivity index is 4.42. The first kappa shape index (κ1) is 13.0. The van der Waals surface area contributed by atoms with Crippen molar-refractivity contribution in [1.29, 1.82) is 0 Å². The van der Waals surface area contributed by atoms with Gasteiger partial charge in [-0.2, -0.15) is 17.2 Å². The van der Waals surface area contributed by atoms with Crippen LogP contribution in [0.3, 0.4) is 0 Å². The molecule has 0 aromatic carbocycles. The van der Waals surface area contributed by atoms with Crippen molar-refractivity contribution in [2.45, 2.75) is 12.2 Å². The molecule has 8 heteroatoms. The van der Waals surface area contributed by atoms with Gasteiger partial charge in [0, 0.05) is 5.57 Å². The minimum absolute atomic E-state index is 0.156. The van der Waals surface area contributed by atoms with Crippen molar-refractivity contribution in [2.24, 2.45) is 0 Å². The number of esters is 1. The van der Waals surface area contributed by atoms with Crippen LogP contribution in [0.25, 0.3) is 0 Å². The van der Waals surface area contributed by atoms with Crippen LogP contribution in [0.4, 0.5) is 8.78 Å². The second-order valence-corrected chi connectivity index (χ2v) is 4.02. The van der Waals surface area contributed by atoms with Gasteiger partial charge in [0.2, 0.25) is 0 Å². The molecule has 0 unspecified atom stereocenters. The second-order valence-electron chi connectivity index (χ2n) is 2.47. The van der Waals surface area contributed by atoms with Crippen LogP contribution in [0, 0.1) is 0 Å². The molecule has 0 aliphatic rings. The third-order valence-electron chi connectivity index (χ3n) is 1.10. The van der Waals surface area contributed by atoms with Gasteiger partial charge in [-0.15, -0.1) is 0 Å². The molecule has 0 rings (SSSR count). The van der Waals surface area contributed by atoms with E-state index in [1.54, 1.807) is 0 Å². The van der Waals surface area contributed by atoms with Crippen molar-refractivity contribution in [3.63, 3.8) is 0 Å². The molecule has 0 spiro atoms. The highest BCUT2D eigenvalue weighted by atomic mass is 32.2. The van der Waals surface area contributed by atoms with E-state index in [1.807, 2.05) is 0 Å². The molecule has 0 radical (unpaired) electrons. The Hall–Kier alpha value is -1.02. The van der Waals surface area contributed by atoms with Crippen LogP contribution in [0.2, 0.25) is 0 Å². The van der Waals surface area contributed by atoms with E-state index in [1.165, 1.54) is 6.92 Å². The minimum Gasteiger partial charge on any atom is -0.455 e. The molecular weight excluding hydrogens is 222 g/mol. The molecule has 5 nitrogen and oxygen atoms in total. The van der Waals surface area contributed by atoms with E-state index < -0.39 is 27.9 Å². The van der Waals surface area contributed by atoms with Gasteiger partial charge in [0.05, 0.1) is 0 Å². The van der Waals surface area contributed by atoms with Crippen LogP contribution in [0.15, 0.2) is 12.2 Å². The molecule has 0 heterocycles. The average Bonchev–Trinajstić information content (AvgIpc) is 1.97. The third kappa shape index (κ3) is 3.38. The number of alkyl halides is 2. The Labute approximate surface area is 79.1 Å². The fourth-order valence-corrected chi connectivity index (χ4v) is 0.555. The highest BCUT2D eigenvalue weighted by molar-refractivity contribution is 7.86. The number of rotatable bonds is 4. The quantitative estimate of drug-likeness (QED) is 0.434. The zero-order valence-corrected chi connectivity index (χ0v) is 7.98. The molecule has 0 aliphatic carbocycles. The maximum atomic E-state index is 12.4. The van der Waals surface area contributed by atoms with E-state index >= 15 is 0 Å². The van der Waals surface area contributed by atoms with Crippen LogP contribution >= 0.6 is 0 Å². The van der Waals surface area contributed by atoms with Gasteiger partial charge in [-0.3, -0.25) is 4.55 Å². The van der Waals surface area contributed by atoms with Crippen LogP contribution in [-0.4, -0.2) is 30.8 Å². The van der Waals surface area contributed by atoms with Gasteiger partial charge in [0.1, 0.15) is 0 Å². The number of halogens is 2. The number of hydrogen-bond acceptors (Lipinski definition) is 4. The van der Waals surface area contributed by atoms with Crippen LogP contribution < -0.4 is 0 Å². The van der Waals surface area contributed by atoms with Crippen LogP contribution in [0.5, 0.6) is 0 Å². The SMILES string of the molecule is C=C(C)C(=O)OCC(F)(F)S(=O)(=O)O. The highest BCUT2D eigenvalue weighted by Gasteiger charge is 2.45. The zero-order chi connectivity index (χ0) is 11.6. The molecule has 0 saturated carbocycles. The molecule has 0 aromatic heterocycles. The lowest BCUT2D eigenvalue weighted by Gasteiger charge is -2.12. The summed E-state index contributed by atoms with van der Waals surface area (Å²) in [4.78, 5) is 10.6. The monoisotopic (exact) mass is 230 g/mol. The molecule has 1 N–H and O–H groups in total. The van der Waals surface area contributed by atoms with Crippen molar-refractivity contribution < 1.29 is 31.3 Å². The maximum absolute atomic E-state index is 12.4. The highest BCUT2D eigenvalue weighted by Crippen LogP contribution is 2.20. The van der Waals surface area contributed by atoms with Gasteiger partial charge in [-0.05, 0) is 6.92 Å². The molecule has 0 atom stereocenters. The molecular formula is C6H8F2O5S. The van der Waals surface area contributed by atoms with Gasteiger partial charge in [0.15, 0.2) is 6.61 Å². The minimum atomic E-state index is -5.56. The lowest BCUT2D eigenvalue weighted by Crippen LogP contribution is -2.34. The first-order valence-electron chi connectivity index (χ1n) is 3.25. The molecule has 0 bridgehead atoms. The van der Waals surface area contributed by atoms with Gasteiger partial charge < -0.3 is 4.74 Å². The summed E-state index contributed by atoms with van der Waals surface area (Å²) >= 11 is 0. The van der Waals surface area contributed by atoms with Crippen molar-refractivity contribution in [1.82, 2.24) is 0 Å². The first-order chi connectivity index (χ1) is 6.08. The molecule has 14 heavy (non-hydrogen) atoms. The van der Waals surface area contributed by atoms with E-state index in [0.717, 1.165) is 0 Å². The summed E-state index contributed by atoms with van der Waals surface area (Å²) in [5.74, 6) is -1.16. The molecule has 0 aliphatic heterocycles. The summed E-state index contributed by atoms with van der Waals surface area (Å²) in [5.41, 5.74) is -0.156. The van der Waals surface area contributed by atoms with Crippen LogP contribution in [-0.2, 0) is 19.6 Å². The van der Waals surface area contributed by atoms with Crippen LogP contribution in [0.1, 0.15) is 6.92 Å². The normalized spacial score (nSPS) is 12.3. The van der Waals surface area contributed by atoms with Gasteiger partial charge in [0.25, 0.3) is 0 Å². The van der Waals surface area contributed by atoms with Crippen molar-refractivity contribution in [3.8, 4) is 0 Å². The van der Waals surface area contributed by atoms with Gasteiger partial charge >= 0.3 is 21.3 Å². The summed E-state index contributed by atoms with van der Waals surface area (Å²) in [6.07, 6.45) is 0. The van der Waals surface area contributed by atoms with Crippen molar-refractivity contribution in [2.75, 3.05) is 6.61 Å². The number of carbonyl (C=O) groups excluding carboxylic acids is 1. The predicted octanol–water partition coefficient (Wildman–Crippen LogP) is 0.586. The Morgan fingerprint density at radius 3 is 2.29 bits per heavy atom. The lowest BCUT2D eigenvalue weighted by molar-refractivity contribution is -0.144. The molecule has 0 amide bonds.